The standard InChI is InChI=1S/C14H27N5O3/c1-4-19(5-2)13(22)12(17-8(3)20)10-6-9(21)7-11(10)18-14(15)16/h9-12,21H,4-7H2,1-3H3,(H,17,20)(H4,15,16,18)/t9-,10+,11+,12?/m1/s1. The minimum Gasteiger partial charge on any atom is -0.393 e. The summed E-state index contributed by atoms with van der Waals surface area (Å²) >= 11 is 0. The fourth-order valence-corrected chi connectivity index (χ4v) is 3.02. The van der Waals surface area contributed by atoms with Gasteiger partial charge >= 0.3 is 0 Å². The number of hydrogen-bond donors (Lipinski definition) is 4. The highest BCUT2D eigenvalue weighted by molar-refractivity contribution is 5.87. The molecule has 2 amide bonds. The molecule has 126 valence electrons. The Kier molecular flexibility index (Phi) is 6.61. The van der Waals surface area contributed by atoms with Crippen molar-refractivity contribution in [3.05, 3.63) is 0 Å². The fourth-order valence-electron chi connectivity index (χ4n) is 3.02. The van der Waals surface area contributed by atoms with Gasteiger partial charge in [0.15, 0.2) is 5.96 Å². The number of carbonyl (C=O) groups excluding carboxylic acids is 2. The van der Waals surface area contributed by atoms with E-state index in [1.54, 1.807) is 4.90 Å². The molecule has 0 spiro atoms. The molecule has 0 bridgehead atoms. The van der Waals surface area contributed by atoms with Crippen LogP contribution in [0, 0.1) is 5.92 Å². The molecule has 1 saturated carbocycles. The summed E-state index contributed by atoms with van der Waals surface area (Å²) in [6.45, 7) is 6.22. The van der Waals surface area contributed by atoms with Crippen LogP contribution < -0.4 is 16.8 Å². The number of guanidine groups is 1. The number of nitrogens with one attached hydrogen (secondary N) is 1. The number of amides is 2. The van der Waals surface area contributed by atoms with Gasteiger partial charge in [-0.15, -0.1) is 0 Å². The van der Waals surface area contributed by atoms with E-state index in [1.165, 1.54) is 6.92 Å². The second-order valence-electron chi connectivity index (χ2n) is 5.60. The van der Waals surface area contributed by atoms with E-state index in [0.717, 1.165) is 0 Å². The zero-order valence-electron chi connectivity index (χ0n) is 13.5. The van der Waals surface area contributed by atoms with Crippen LogP contribution in [0.2, 0.25) is 0 Å². The van der Waals surface area contributed by atoms with Crippen LogP contribution in [0.25, 0.3) is 0 Å². The van der Waals surface area contributed by atoms with Gasteiger partial charge in [0.2, 0.25) is 11.8 Å². The van der Waals surface area contributed by atoms with Gasteiger partial charge in [0.25, 0.3) is 0 Å². The van der Waals surface area contributed by atoms with Gasteiger partial charge in [-0.2, -0.15) is 0 Å². The lowest BCUT2D eigenvalue weighted by Crippen LogP contribution is -2.53. The molecular formula is C14H27N5O3. The van der Waals surface area contributed by atoms with E-state index in [0.29, 0.717) is 25.9 Å². The summed E-state index contributed by atoms with van der Waals surface area (Å²) < 4.78 is 0. The van der Waals surface area contributed by atoms with Crippen molar-refractivity contribution in [2.45, 2.75) is 51.8 Å². The molecule has 0 aromatic rings. The summed E-state index contributed by atoms with van der Waals surface area (Å²) in [5, 5.41) is 12.6. The normalized spacial score (nSPS) is 25.4. The van der Waals surface area contributed by atoms with Crippen LogP contribution in [-0.4, -0.2) is 59.1 Å². The molecule has 1 aliphatic rings. The molecule has 0 saturated heterocycles. The lowest BCUT2D eigenvalue weighted by Gasteiger charge is -2.31. The molecular weight excluding hydrogens is 286 g/mol. The number of rotatable bonds is 6. The van der Waals surface area contributed by atoms with Crippen LogP contribution in [-0.2, 0) is 9.59 Å². The number of aliphatic hydroxyl groups excluding tert-OH is 1. The SMILES string of the molecule is CCN(CC)C(=O)C(NC(C)=O)[C@H]1C[C@@H](O)C[C@@H]1N=C(N)N. The molecule has 1 rings (SSSR count). The van der Waals surface area contributed by atoms with Gasteiger partial charge in [0.1, 0.15) is 6.04 Å². The van der Waals surface area contributed by atoms with Crippen LogP contribution >= 0.6 is 0 Å². The van der Waals surface area contributed by atoms with Gasteiger partial charge in [-0.25, -0.2) is 4.99 Å². The second-order valence-corrected chi connectivity index (χ2v) is 5.60. The Morgan fingerprint density at radius 2 is 1.91 bits per heavy atom. The van der Waals surface area contributed by atoms with E-state index in [2.05, 4.69) is 10.3 Å². The molecule has 6 N–H and O–H groups in total. The molecule has 0 radical (unpaired) electrons. The Balaban J connectivity index is 3.06. The average molecular weight is 313 g/mol. The molecule has 8 heteroatoms. The monoisotopic (exact) mass is 313 g/mol. The Hall–Kier alpha value is -1.83. The number of hydrogen-bond acceptors (Lipinski definition) is 4. The largest absolute Gasteiger partial charge is 0.393 e. The Bertz CT molecular complexity index is 432. The third-order valence-electron chi connectivity index (χ3n) is 4.00. The minimum atomic E-state index is -0.734. The molecule has 0 aromatic carbocycles. The fraction of sp³-hybridized carbons (Fsp3) is 0.786. The third-order valence-corrected chi connectivity index (χ3v) is 4.00. The first-order valence-electron chi connectivity index (χ1n) is 7.62. The van der Waals surface area contributed by atoms with Crippen LogP contribution in [0.1, 0.15) is 33.6 Å². The molecule has 4 atom stereocenters. The highest BCUT2D eigenvalue weighted by Gasteiger charge is 2.42. The Morgan fingerprint density at radius 3 is 2.36 bits per heavy atom. The van der Waals surface area contributed by atoms with E-state index in [-0.39, 0.29) is 29.7 Å². The highest BCUT2D eigenvalue weighted by atomic mass is 16.3. The third kappa shape index (κ3) is 4.59. The quantitative estimate of drug-likeness (QED) is 0.360. The van der Waals surface area contributed by atoms with Gasteiger partial charge in [0, 0.05) is 25.9 Å². The minimum absolute atomic E-state index is 0.0824. The Morgan fingerprint density at radius 1 is 1.32 bits per heavy atom. The maximum Gasteiger partial charge on any atom is 0.245 e. The van der Waals surface area contributed by atoms with Crippen molar-refractivity contribution < 1.29 is 14.7 Å². The first kappa shape index (κ1) is 18.2. The van der Waals surface area contributed by atoms with Gasteiger partial charge < -0.3 is 26.8 Å². The summed E-state index contributed by atoms with van der Waals surface area (Å²) in [7, 11) is 0. The van der Waals surface area contributed by atoms with Crippen molar-refractivity contribution in [2.75, 3.05) is 13.1 Å². The van der Waals surface area contributed by atoms with Crippen molar-refractivity contribution in [2.24, 2.45) is 22.4 Å². The van der Waals surface area contributed by atoms with Crippen LogP contribution in [0.15, 0.2) is 4.99 Å². The zero-order valence-corrected chi connectivity index (χ0v) is 13.5. The lowest BCUT2D eigenvalue weighted by atomic mass is 9.93. The summed E-state index contributed by atoms with van der Waals surface area (Å²) in [6, 6.07) is -1.11. The number of aliphatic hydroxyl groups is 1. The molecule has 0 aliphatic heterocycles. The molecule has 1 fully saturated rings. The zero-order chi connectivity index (χ0) is 16.9. The summed E-state index contributed by atoms with van der Waals surface area (Å²) in [6.07, 6.45) is 0.169. The first-order chi connectivity index (χ1) is 10.3. The number of aliphatic imine (C=N–C) groups is 1. The van der Waals surface area contributed by atoms with Gasteiger partial charge in [-0.1, -0.05) is 0 Å². The molecule has 8 nitrogen and oxygen atoms in total. The van der Waals surface area contributed by atoms with Crippen LogP contribution in [0.5, 0.6) is 0 Å². The number of likely N-dealkylation sites (N-methyl/N-ethyl adjacent to an activating group) is 1. The molecule has 1 aliphatic carbocycles. The van der Waals surface area contributed by atoms with Gasteiger partial charge in [0.05, 0.1) is 12.1 Å². The molecule has 22 heavy (non-hydrogen) atoms. The predicted molar refractivity (Wildman–Crippen MR) is 83.9 cm³/mol. The Labute approximate surface area is 130 Å². The number of nitrogens with two attached hydrogens (primary N) is 2. The van der Waals surface area contributed by atoms with Crippen molar-refractivity contribution in [3.8, 4) is 0 Å². The second kappa shape index (κ2) is 7.98. The maximum atomic E-state index is 12.7. The molecule has 0 aromatic heterocycles. The van der Waals surface area contributed by atoms with E-state index in [4.69, 9.17) is 11.5 Å². The van der Waals surface area contributed by atoms with Gasteiger partial charge in [-0.3, -0.25) is 9.59 Å². The predicted octanol–water partition coefficient (Wildman–Crippen LogP) is -1.23. The van der Waals surface area contributed by atoms with E-state index >= 15 is 0 Å². The van der Waals surface area contributed by atoms with Crippen molar-refractivity contribution in [3.63, 3.8) is 0 Å². The maximum absolute atomic E-state index is 12.7. The topological polar surface area (TPSA) is 134 Å². The van der Waals surface area contributed by atoms with Crippen molar-refractivity contribution in [1.82, 2.24) is 10.2 Å². The summed E-state index contributed by atoms with van der Waals surface area (Å²) in [4.78, 5) is 30.0. The smallest absolute Gasteiger partial charge is 0.245 e. The van der Waals surface area contributed by atoms with Crippen LogP contribution in [0.3, 0.4) is 0 Å². The summed E-state index contributed by atoms with van der Waals surface area (Å²) in [5.74, 6) is -0.875. The van der Waals surface area contributed by atoms with Crippen molar-refractivity contribution >= 4 is 17.8 Å². The van der Waals surface area contributed by atoms with Gasteiger partial charge in [-0.05, 0) is 26.7 Å². The van der Waals surface area contributed by atoms with E-state index < -0.39 is 12.1 Å². The van der Waals surface area contributed by atoms with E-state index in [1.807, 2.05) is 13.8 Å². The highest BCUT2D eigenvalue weighted by Crippen LogP contribution is 2.32. The first-order valence-corrected chi connectivity index (χ1v) is 7.62. The number of nitrogens with zero attached hydrogens (tertiary/aromatic N) is 2. The average Bonchev–Trinajstić information content (AvgIpc) is 2.76. The lowest BCUT2D eigenvalue weighted by molar-refractivity contribution is -0.137. The van der Waals surface area contributed by atoms with Crippen molar-refractivity contribution in [1.29, 1.82) is 0 Å². The summed E-state index contributed by atoms with van der Waals surface area (Å²) in [5.41, 5.74) is 10.9. The number of carbonyl (C=O) groups is 2. The van der Waals surface area contributed by atoms with E-state index in [9.17, 15) is 14.7 Å². The molecule has 1 unspecified atom stereocenters. The van der Waals surface area contributed by atoms with Crippen LogP contribution in [0.4, 0.5) is 0 Å². The molecule has 0 heterocycles.